The zero-order valence-electron chi connectivity index (χ0n) is 13.4. The molecule has 0 aliphatic carbocycles. The summed E-state index contributed by atoms with van der Waals surface area (Å²) in [6.45, 7) is 5.64. The van der Waals surface area contributed by atoms with Crippen LogP contribution in [-0.4, -0.2) is 73.0 Å². The van der Waals surface area contributed by atoms with Gasteiger partial charge in [-0.15, -0.1) is 0 Å². The molecule has 7 heteroatoms. The van der Waals surface area contributed by atoms with Gasteiger partial charge in [-0.05, 0) is 44.3 Å². The van der Waals surface area contributed by atoms with Crippen LogP contribution in [0.5, 0.6) is 5.75 Å². The highest BCUT2D eigenvalue weighted by molar-refractivity contribution is 6.39. The molecule has 1 aromatic rings. The van der Waals surface area contributed by atoms with E-state index in [1.807, 2.05) is 0 Å². The number of likely N-dealkylation sites (N-methyl/N-ethyl adjacent to an activating group) is 1. The third-order valence-corrected chi connectivity index (χ3v) is 3.86. The molecule has 1 fully saturated rings. The Bertz CT molecular complexity index is 525. The highest BCUT2D eigenvalue weighted by Gasteiger charge is 2.15. The summed E-state index contributed by atoms with van der Waals surface area (Å²) in [5.74, 6) is -1.23. The topological polar surface area (TPSA) is 84.9 Å². The molecular weight excluding hydrogens is 296 g/mol. The molecule has 23 heavy (non-hydrogen) atoms. The lowest BCUT2D eigenvalue weighted by Crippen LogP contribution is -2.45. The van der Waals surface area contributed by atoms with Crippen LogP contribution in [0.3, 0.4) is 0 Å². The number of aromatic hydroxyl groups is 1. The number of nitrogens with one attached hydrogen (secondary N) is 2. The molecule has 0 spiro atoms. The number of piperazine rings is 1. The molecule has 0 atom stereocenters. The number of amides is 2. The van der Waals surface area contributed by atoms with Gasteiger partial charge in [0.1, 0.15) is 5.75 Å². The monoisotopic (exact) mass is 320 g/mol. The second kappa shape index (κ2) is 8.50. The zero-order valence-corrected chi connectivity index (χ0v) is 13.4. The van der Waals surface area contributed by atoms with Crippen molar-refractivity contribution in [2.75, 3.05) is 51.6 Å². The van der Waals surface area contributed by atoms with Crippen molar-refractivity contribution < 1.29 is 14.7 Å². The largest absolute Gasteiger partial charge is 0.508 e. The van der Waals surface area contributed by atoms with Gasteiger partial charge < -0.3 is 25.5 Å². The van der Waals surface area contributed by atoms with Crippen molar-refractivity contribution in [3.63, 3.8) is 0 Å². The molecule has 0 aromatic heterocycles. The van der Waals surface area contributed by atoms with Gasteiger partial charge in [0.15, 0.2) is 0 Å². The number of nitrogens with zero attached hydrogens (tertiary/aromatic N) is 2. The number of benzene rings is 1. The van der Waals surface area contributed by atoms with Crippen LogP contribution in [0.2, 0.25) is 0 Å². The third-order valence-electron chi connectivity index (χ3n) is 3.86. The summed E-state index contributed by atoms with van der Waals surface area (Å²) in [6.07, 6.45) is 0.821. The first-order chi connectivity index (χ1) is 11.0. The predicted octanol–water partition coefficient (Wildman–Crippen LogP) is 0.0844. The Balaban J connectivity index is 1.62. The summed E-state index contributed by atoms with van der Waals surface area (Å²) < 4.78 is 0. The average Bonchev–Trinajstić information content (AvgIpc) is 2.55. The molecule has 2 rings (SSSR count). The average molecular weight is 320 g/mol. The Morgan fingerprint density at radius 2 is 1.74 bits per heavy atom. The van der Waals surface area contributed by atoms with Crippen LogP contribution in [0.15, 0.2) is 24.3 Å². The fourth-order valence-corrected chi connectivity index (χ4v) is 2.39. The van der Waals surface area contributed by atoms with Crippen molar-refractivity contribution in [3.8, 4) is 5.75 Å². The number of hydrogen-bond acceptors (Lipinski definition) is 5. The standard InChI is InChI=1S/C16H24N4O3/c1-19-9-11-20(12-10-19)8-2-7-17-15(22)16(23)18-13-3-5-14(21)6-4-13/h3-6,21H,2,7-12H2,1H3,(H,17,22)(H,18,23). The van der Waals surface area contributed by atoms with E-state index in [1.54, 1.807) is 0 Å². The maximum atomic E-state index is 11.7. The van der Waals surface area contributed by atoms with E-state index < -0.39 is 11.8 Å². The molecule has 1 aromatic carbocycles. The summed E-state index contributed by atoms with van der Waals surface area (Å²) >= 11 is 0. The van der Waals surface area contributed by atoms with E-state index >= 15 is 0 Å². The van der Waals surface area contributed by atoms with Crippen LogP contribution >= 0.6 is 0 Å². The Kier molecular flexibility index (Phi) is 6.37. The van der Waals surface area contributed by atoms with Crippen molar-refractivity contribution in [3.05, 3.63) is 24.3 Å². The third kappa shape index (κ3) is 5.88. The van der Waals surface area contributed by atoms with Crippen molar-refractivity contribution in [1.82, 2.24) is 15.1 Å². The number of anilines is 1. The molecule has 0 unspecified atom stereocenters. The van der Waals surface area contributed by atoms with Gasteiger partial charge in [-0.1, -0.05) is 0 Å². The van der Waals surface area contributed by atoms with Crippen LogP contribution in [0.4, 0.5) is 5.69 Å². The van der Waals surface area contributed by atoms with Crippen molar-refractivity contribution in [2.45, 2.75) is 6.42 Å². The normalized spacial score (nSPS) is 16.0. The minimum atomic E-state index is -0.699. The highest BCUT2D eigenvalue weighted by Crippen LogP contribution is 2.13. The van der Waals surface area contributed by atoms with Crippen molar-refractivity contribution >= 4 is 17.5 Å². The summed E-state index contributed by atoms with van der Waals surface area (Å²) in [5, 5.41) is 14.3. The molecule has 0 radical (unpaired) electrons. The Morgan fingerprint density at radius 3 is 2.39 bits per heavy atom. The van der Waals surface area contributed by atoms with Crippen LogP contribution < -0.4 is 10.6 Å². The van der Waals surface area contributed by atoms with E-state index in [1.165, 1.54) is 24.3 Å². The molecule has 0 saturated carbocycles. The maximum absolute atomic E-state index is 11.7. The van der Waals surface area contributed by atoms with Crippen molar-refractivity contribution in [2.24, 2.45) is 0 Å². The van der Waals surface area contributed by atoms with E-state index in [9.17, 15) is 9.59 Å². The first-order valence-electron chi connectivity index (χ1n) is 7.84. The number of carbonyl (C=O) groups excluding carboxylic acids is 2. The van der Waals surface area contributed by atoms with Crippen LogP contribution in [0.25, 0.3) is 0 Å². The van der Waals surface area contributed by atoms with Gasteiger partial charge in [-0.3, -0.25) is 9.59 Å². The quantitative estimate of drug-likeness (QED) is 0.407. The minimum absolute atomic E-state index is 0.108. The molecule has 126 valence electrons. The lowest BCUT2D eigenvalue weighted by atomic mass is 10.3. The Labute approximate surface area is 136 Å². The number of rotatable bonds is 5. The summed E-state index contributed by atoms with van der Waals surface area (Å²) in [7, 11) is 2.12. The molecule has 7 nitrogen and oxygen atoms in total. The Hall–Kier alpha value is -2.12. The first kappa shape index (κ1) is 17.2. The predicted molar refractivity (Wildman–Crippen MR) is 88.3 cm³/mol. The van der Waals surface area contributed by atoms with Gasteiger partial charge in [0.2, 0.25) is 0 Å². The van der Waals surface area contributed by atoms with E-state index in [-0.39, 0.29) is 5.75 Å². The SMILES string of the molecule is CN1CCN(CCCNC(=O)C(=O)Nc2ccc(O)cc2)CC1. The molecule has 1 saturated heterocycles. The molecule has 0 bridgehead atoms. The summed E-state index contributed by atoms with van der Waals surface area (Å²) in [5.41, 5.74) is 0.473. The van der Waals surface area contributed by atoms with Gasteiger partial charge in [0, 0.05) is 38.4 Å². The van der Waals surface area contributed by atoms with Gasteiger partial charge in [-0.25, -0.2) is 0 Å². The fraction of sp³-hybridized carbons (Fsp3) is 0.500. The molecule has 1 aliphatic rings. The highest BCUT2D eigenvalue weighted by atomic mass is 16.3. The molecular formula is C16H24N4O3. The minimum Gasteiger partial charge on any atom is -0.508 e. The molecule has 2 amide bonds. The van der Waals surface area contributed by atoms with E-state index in [0.29, 0.717) is 12.2 Å². The molecule has 1 heterocycles. The number of phenols is 1. The Morgan fingerprint density at radius 1 is 1.09 bits per heavy atom. The van der Waals surface area contributed by atoms with Gasteiger partial charge in [0.25, 0.3) is 0 Å². The molecule has 1 aliphatic heterocycles. The second-order valence-electron chi connectivity index (χ2n) is 5.76. The smallest absolute Gasteiger partial charge is 0.313 e. The summed E-state index contributed by atoms with van der Waals surface area (Å²) in [4.78, 5) is 28.1. The number of phenolic OH excluding ortho intramolecular Hbond substituents is 1. The lowest BCUT2D eigenvalue weighted by molar-refractivity contribution is -0.136. The number of carbonyl (C=O) groups is 2. The van der Waals surface area contributed by atoms with Crippen LogP contribution in [0.1, 0.15) is 6.42 Å². The van der Waals surface area contributed by atoms with Gasteiger partial charge in [-0.2, -0.15) is 0 Å². The van der Waals surface area contributed by atoms with Crippen LogP contribution in [0, 0.1) is 0 Å². The maximum Gasteiger partial charge on any atom is 0.313 e. The first-order valence-corrected chi connectivity index (χ1v) is 7.84. The lowest BCUT2D eigenvalue weighted by Gasteiger charge is -2.32. The second-order valence-corrected chi connectivity index (χ2v) is 5.76. The van der Waals surface area contributed by atoms with Gasteiger partial charge >= 0.3 is 11.8 Å². The van der Waals surface area contributed by atoms with Gasteiger partial charge in [0.05, 0.1) is 0 Å². The molecule has 3 N–H and O–H groups in total. The summed E-state index contributed by atoms with van der Waals surface area (Å²) in [6, 6.07) is 5.97. The van der Waals surface area contributed by atoms with E-state index in [2.05, 4.69) is 27.5 Å². The van der Waals surface area contributed by atoms with E-state index in [4.69, 9.17) is 5.11 Å². The van der Waals surface area contributed by atoms with E-state index in [0.717, 1.165) is 39.1 Å². The van der Waals surface area contributed by atoms with Crippen molar-refractivity contribution in [1.29, 1.82) is 0 Å². The number of hydrogen-bond donors (Lipinski definition) is 3. The van der Waals surface area contributed by atoms with Crippen LogP contribution in [-0.2, 0) is 9.59 Å². The fourth-order valence-electron chi connectivity index (χ4n) is 2.39. The zero-order chi connectivity index (χ0) is 16.7.